The summed E-state index contributed by atoms with van der Waals surface area (Å²) in [5.74, 6) is -1.51. The summed E-state index contributed by atoms with van der Waals surface area (Å²) in [4.78, 5) is 13.9. The first-order valence-corrected chi connectivity index (χ1v) is 11.6. The number of nitrogens with two attached hydrogens (primary N) is 1. The zero-order valence-corrected chi connectivity index (χ0v) is 18.9. The highest BCUT2D eigenvalue weighted by Gasteiger charge is 2.23. The van der Waals surface area contributed by atoms with Crippen molar-refractivity contribution in [3.63, 3.8) is 0 Å². The topological polar surface area (TPSA) is 122 Å². The lowest BCUT2D eigenvalue weighted by molar-refractivity contribution is -0.138. The number of hydrogen-bond acceptors (Lipinski definition) is 5. The summed E-state index contributed by atoms with van der Waals surface area (Å²) in [7, 11) is -3.94. The van der Waals surface area contributed by atoms with Crippen molar-refractivity contribution in [1.82, 2.24) is 4.98 Å². The number of rotatable bonds is 6. The molecule has 0 radical (unpaired) electrons. The number of carboxylic acid groups (broad SMARTS) is 1. The van der Waals surface area contributed by atoms with Crippen LogP contribution in [0, 0.1) is 5.82 Å². The Balaban J connectivity index is 1.73. The summed E-state index contributed by atoms with van der Waals surface area (Å²) < 4.78 is 45.2. The molecule has 7 nitrogen and oxygen atoms in total. The Hall–Kier alpha value is -3.11. The van der Waals surface area contributed by atoms with Gasteiger partial charge in [0.25, 0.3) is 0 Å². The number of sulfone groups is 1. The Labute approximate surface area is 197 Å². The van der Waals surface area contributed by atoms with Crippen LogP contribution in [0.3, 0.4) is 0 Å². The zero-order chi connectivity index (χ0) is 23.9. The number of halogens is 3. The van der Waals surface area contributed by atoms with E-state index in [0.717, 1.165) is 12.1 Å². The molecule has 0 amide bonds. The largest absolute Gasteiger partial charge is 0.480 e. The standard InChI is InChI=1S/C22H15Cl2FN2O5S/c23-16-7-11(20(26)22(28)29)8-17(24)21(16)32-13-3-6-18-15(9-13)19(10-27-18)33(30,31)14-4-1-12(25)2-5-14/h1-10,20,27H,26H2,(H,28,29)/t20-/m0/s1. The Morgan fingerprint density at radius 1 is 1.06 bits per heavy atom. The summed E-state index contributed by atoms with van der Waals surface area (Å²) in [6, 6.07) is 10.6. The minimum atomic E-state index is -3.94. The number of ether oxygens (including phenoxy) is 1. The molecule has 1 heterocycles. The van der Waals surface area contributed by atoms with Gasteiger partial charge in [0.05, 0.1) is 19.8 Å². The highest BCUT2D eigenvalue weighted by Crippen LogP contribution is 2.40. The van der Waals surface area contributed by atoms with E-state index in [1.807, 2.05) is 0 Å². The van der Waals surface area contributed by atoms with E-state index < -0.39 is 27.7 Å². The number of hydrogen-bond donors (Lipinski definition) is 3. The van der Waals surface area contributed by atoms with E-state index in [1.165, 1.54) is 36.5 Å². The van der Waals surface area contributed by atoms with E-state index >= 15 is 0 Å². The lowest BCUT2D eigenvalue weighted by Crippen LogP contribution is -2.20. The smallest absolute Gasteiger partial charge is 0.325 e. The third kappa shape index (κ3) is 4.40. The van der Waals surface area contributed by atoms with Crippen LogP contribution in [0.25, 0.3) is 10.9 Å². The number of aromatic nitrogens is 1. The van der Waals surface area contributed by atoms with Crippen LogP contribution in [0.15, 0.2) is 70.6 Å². The fourth-order valence-electron chi connectivity index (χ4n) is 3.22. The third-order valence-electron chi connectivity index (χ3n) is 4.89. The van der Waals surface area contributed by atoms with E-state index in [0.29, 0.717) is 10.9 Å². The van der Waals surface area contributed by atoms with E-state index in [9.17, 15) is 17.6 Å². The molecule has 4 aromatic rings. The van der Waals surface area contributed by atoms with Gasteiger partial charge in [-0.15, -0.1) is 0 Å². The zero-order valence-electron chi connectivity index (χ0n) is 16.6. The van der Waals surface area contributed by atoms with Gasteiger partial charge in [-0.2, -0.15) is 0 Å². The molecule has 0 saturated carbocycles. The second-order valence-corrected chi connectivity index (χ2v) is 9.78. The molecule has 0 bridgehead atoms. The van der Waals surface area contributed by atoms with Crippen LogP contribution >= 0.6 is 23.2 Å². The van der Waals surface area contributed by atoms with Crippen molar-refractivity contribution in [3.8, 4) is 11.5 Å². The Morgan fingerprint density at radius 2 is 1.70 bits per heavy atom. The van der Waals surface area contributed by atoms with Crippen LogP contribution in [-0.4, -0.2) is 24.5 Å². The monoisotopic (exact) mass is 508 g/mol. The van der Waals surface area contributed by atoms with E-state index in [1.54, 1.807) is 12.1 Å². The molecule has 0 saturated heterocycles. The minimum Gasteiger partial charge on any atom is -0.480 e. The molecule has 170 valence electrons. The number of aliphatic carboxylic acids is 1. The van der Waals surface area contributed by atoms with Gasteiger partial charge in [0, 0.05) is 17.1 Å². The summed E-state index contributed by atoms with van der Waals surface area (Å²) in [5, 5.41) is 9.48. The highest BCUT2D eigenvalue weighted by molar-refractivity contribution is 7.91. The molecular formula is C22H15Cl2FN2O5S. The molecule has 0 aliphatic rings. The van der Waals surface area contributed by atoms with Crippen molar-refractivity contribution in [2.24, 2.45) is 5.73 Å². The average molecular weight is 509 g/mol. The number of benzene rings is 3. The molecule has 0 aliphatic heterocycles. The van der Waals surface area contributed by atoms with Crippen LogP contribution in [0.1, 0.15) is 11.6 Å². The molecule has 0 fully saturated rings. The van der Waals surface area contributed by atoms with Gasteiger partial charge in [0.1, 0.15) is 17.6 Å². The lowest BCUT2D eigenvalue weighted by Gasteiger charge is -2.13. The maximum absolute atomic E-state index is 13.2. The quantitative estimate of drug-likeness (QED) is 0.302. The van der Waals surface area contributed by atoms with Crippen molar-refractivity contribution >= 4 is 49.9 Å². The van der Waals surface area contributed by atoms with Crippen LogP contribution in [-0.2, 0) is 14.6 Å². The summed E-state index contributed by atoms with van der Waals surface area (Å²) in [6.07, 6.45) is 1.34. The molecule has 11 heteroatoms. The molecule has 4 rings (SSSR count). The molecule has 0 spiro atoms. The van der Waals surface area contributed by atoms with Crippen LogP contribution in [0.4, 0.5) is 4.39 Å². The van der Waals surface area contributed by atoms with Gasteiger partial charge < -0.3 is 20.6 Å². The van der Waals surface area contributed by atoms with Crippen molar-refractivity contribution in [3.05, 3.63) is 82.2 Å². The molecule has 0 unspecified atom stereocenters. The first kappa shape index (κ1) is 23.1. The fourth-order valence-corrected chi connectivity index (χ4v) is 5.22. The number of H-pyrrole nitrogens is 1. The SMILES string of the molecule is N[C@H](C(=O)O)c1cc(Cl)c(Oc2ccc3[nH]cc(S(=O)(=O)c4ccc(F)cc4)c3c2)c(Cl)c1. The van der Waals surface area contributed by atoms with Gasteiger partial charge in [0.15, 0.2) is 5.75 Å². The van der Waals surface area contributed by atoms with Gasteiger partial charge in [-0.25, -0.2) is 12.8 Å². The van der Waals surface area contributed by atoms with Crippen LogP contribution < -0.4 is 10.5 Å². The fraction of sp³-hybridized carbons (Fsp3) is 0.0455. The van der Waals surface area contributed by atoms with Crippen LogP contribution in [0.2, 0.25) is 10.0 Å². The average Bonchev–Trinajstić information content (AvgIpc) is 3.20. The Bertz CT molecular complexity index is 1460. The second kappa shape index (κ2) is 8.68. The van der Waals surface area contributed by atoms with Crippen LogP contribution in [0.5, 0.6) is 11.5 Å². The van der Waals surface area contributed by atoms with E-state index in [-0.39, 0.29) is 36.9 Å². The van der Waals surface area contributed by atoms with Crippen molar-refractivity contribution < 1.29 is 27.4 Å². The highest BCUT2D eigenvalue weighted by atomic mass is 35.5. The van der Waals surface area contributed by atoms with Crippen molar-refractivity contribution in [2.45, 2.75) is 15.8 Å². The summed E-state index contributed by atoms with van der Waals surface area (Å²) >= 11 is 12.5. The first-order valence-electron chi connectivity index (χ1n) is 9.35. The molecule has 33 heavy (non-hydrogen) atoms. The van der Waals surface area contributed by atoms with Gasteiger partial charge in [-0.3, -0.25) is 4.79 Å². The van der Waals surface area contributed by atoms with Crippen molar-refractivity contribution in [2.75, 3.05) is 0 Å². The Kier molecular flexibility index (Phi) is 6.06. The minimum absolute atomic E-state index is 0.0190. The maximum atomic E-state index is 13.2. The third-order valence-corrected chi connectivity index (χ3v) is 7.27. The predicted octanol–water partition coefficient (Wildman–Crippen LogP) is 5.32. The lowest BCUT2D eigenvalue weighted by atomic mass is 10.1. The number of nitrogens with one attached hydrogen (secondary N) is 1. The number of carbonyl (C=O) groups is 1. The molecule has 1 aromatic heterocycles. The molecular weight excluding hydrogens is 494 g/mol. The molecule has 4 N–H and O–H groups in total. The number of fused-ring (bicyclic) bond motifs is 1. The summed E-state index contributed by atoms with van der Waals surface area (Å²) in [5.41, 5.74) is 6.33. The first-order chi connectivity index (χ1) is 15.6. The van der Waals surface area contributed by atoms with E-state index in [2.05, 4.69) is 4.98 Å². The molecule has 0 aliphatic carbocycles. The normalized spacial score (nSPS) is 12.6. The van der Waals surface area contributed by atoms with Gasteiger partial charge >= 0.3 is 5.97 Å². The van der Waals surface area contributed by atoms with Gasteiger partial charge in [-0.1, -0.05) is 23.2 Å². The number of carboxylic acids is 1. The molecule has 3 aromatic carbocycles. The maximum Gasteiger partial charge on any atom is 0.325 e. The second-order valence-electron chi connectivity index (χ2n) is 7.05. The summed E-state index contributed by atoms with van der Waals surface area (Å²) in [6.45, 7) is 0. The van der Waals surface area contributed by atoms with Gasteiger partial charge in [-0.05, 0) is 60.2 Å². The predicted molar refractivity (Wildman–Crippen MR) is 121 cm³/mol. The van der Waals surface area contributed by atoms with Gasteiger partial charge in [0.2, 0.25) is 9.84 Å². The number of aromatic amines is 1. The van der Waals surface area contributed by atoms with E-state index in [4.69, 9.17) is 38.8 Å². The van der Waals surface area contributed by atoms with Crippen molar-refractivity contribution in [1.29, 1.82) is 0 Å². The Morgan fingerprint density at radius 3 is 2.30 bits per heavy atom. The molecule has 1 atom stereocenters.